The molecule has 92 valence electrons. The quantitative estimate of drug-likeness (QED) is 0.810. The molecule has 2 rings (SSSR count). The summed E-state index contributed by atoms with van der Waals surface area (Å²) >= 11 is 0. The van der Waals surface area contributed by atoms with E-state index in [2.05, 4.69) is 5.32 Å². The molecule has 2 aromatic carbocycles. The Hall–Kier alpha value is -2.29. The van der Waals surface area contributed by atoms with Crippen molar-refractivity contribution in [2.45, 2.75) is 13.0 Å². The summed E-state index contributed by atoms with van der Waals surface area (Å²) < 4.78 is 0. The summed E-state index contributed by atoms with van der Waals surface area (Å²) in [5.74, 6) is -0.0913. The number of para-hydroxylation sites is 1. The topological polar surface area (TPSA) is 55.1 Å². The third-order valence-electron chi connectivity index (χ3n) is 2.85. The van der Waals surface area contributed by atoms with Crippen LogP contribution in [0.1, 0.15) is 28.9 Å². The molecule has 0 radical (unpaired) electrons. The second-order valence-corrected chi connectivity index (χ2v) is 4.19. The Kier molecular flexibility index (Phi) is 3.63. The van der Waals surface area contributed by atoms with Crippen molar-refractivity contribution in [1.82, 2.24) is 5.32 Å². The molecule has 2 aromatic rings. The number of carbonyl (C=O) groups is 1. The summed E-state index contributed by atoms with van der Waals surface area (Å²) in [4.78, 5) is 12.0. The fourth-order valence-corrected chi connectivity index (χ4v) is 1.85. The van der Waals surface area contributed by atoms with Gasteiger partial charge in [-0.15, -0.1) is 0 Å². The van der Waals surface area contributed by atoms with E-state index in [-0.39, 0.29) is 11.9 Å². The number of nitrogens with two attached hydrogens (primary N) is 1. The third-order valence-corrected chi connectivity index (χ3v) is 2.85. The minimum absolute atomic E-state index is 0.0913. The number of carbonyl (C=O) groups excluding carboxylic acids is 1. The van der Waals surface area contributed by atoms with Gasteiger partial charge >= 0.3 is 0 Å². The van der Waals surface area contributed by atoms with Crippen molar-refractivity contribution in [2.75, 3.05) is 5.73 Å². The summed E-state index contributed by atoms with van der Waals surface area (Å²) in [5, 5.41) is 2.93. The summed E-state index contributed by atoms with van der Waals surface area (Å²) in [6.45, 7) is 1.92. The second-order valence-electron chi connectivity index (χ2n) is 4.19. The molecule has 0 saturated heterocycles. The fourth-order valence-electron chi connectivity index (χ4n) is 1.85. The van der Waals surface area contributed by atoms with Crippen LogP contribution in [-0.2, 0) is 0 Å². The van der Waals surface area contributed by atoms with Crippen LogP contribution in [0.25, 0.3) is 0 Å². The Morgan fingerprint density at radius 3 is 2.33 bits per heavy atom. The highest BCUT2D eigenvalue weighted by molar-refractivity contribution is 5.94. The van der Waals surface area contributed by atoms with Crippen molar-refractivity contribution in [3.8, 4) is 0 Å². The third kappa shape index (κ3) is 2.69. The van der Waals surface area contributed by atoms with Crippen LogP contribution in [0.5, 0.6) is 0 Å². The van der Waals surface area contributed by atoms with Gasteiger partial charge in [0.2, 0.25) is 0 Å². The van der Waals surface area contributed by atoms with E-state index in [0.29, 0.717) is 11.3 Å². The van der Waals surface area contributed by atoms with Gasteiger partial charge in [0.05, 0.1) is 6.04 Å². The summed E-state index contributed by atoms with van der Waals surface area (Å²) in [5.41, 5.74) is 8.16. The molecule has 0 saturated carbocycles. The zero-order valence-electron chi connectivity index (χ0n) is 10.3. The van der Waals surface area contributed by atoms with E-state index in [1.54, 1.807) is 12.1 Å². The Balaban J connectivity index is 2.11. The van der Waals surface area contributed by atoms with Crippen LogP contribution in [0.2, 0.25) is 0 Å². The molecule has 0 spiro atoms. The van der Waals surface area contributed by atoms with Gasteiger partial charge in [-0.1, -0.05) is 36.4 Å². The first kappa shape index (κ1) is 12.2. The first-order chi connectivity index (χ1) is 8.68. The van der Waals surface area contributed by atoms with E-state index >= 15 is 0 Å². The predicted molar refractivity (Wildman–Crippen MR) is 73.2 cm³/mol. The lowest BCUT2D eigenvalue weighted by Crippen LogP contribution is -2.27. The van der Waals surface area contributed by atoms with E-state index < -0.39 is 0 Å². The fraction of sp³-hybridized carbons (Fsp3) is 0.133. The highest BCUT2D eigenvalue weighted by Gasteiger charge is 2.12. The molecular formula is C15H16N2O. The van der Waals surface area contributed by atoms with Crippen molar-refractivity contribution in [2.24, 2.45) is 0 Å². The molecule has 0 fully saturated rings. The van der Waals surface area contributed by atoms with Crippen LogP contribution in [0.3, 0.4) is 0 Å². The zero-order chi connectivity index (χ0) is 13.0. The molecule has 0 bridgehead atoms. The number of anilines is 1. The summed E-state index contributed by atoms with van der Waals surface area (Å²) in [6.07, 6.45) is 0. The van der Waals surface area contributed by atoms with Gasteiger partial charge in [-0.3, -0.25) is 4.79 Å². The molecule has 3 N–H and O–H groups in total. The Morgan fingerprint density at radius 2 is 1.67 bits per heavy atom. The lowest BCUT2D eigenvalue weighted by atomic mass is 10.1. The molecule has 18 heavy (non-hydrogen) atoms. The van der Waals surface area contributed by atoms with E-state index in [9.17, 15) is 4.79 Å². The van der Waals surface area contributed by atoms with Crippen molar-refractivity contribution < 1.29 is 4.79 Å². The van der Waals surface area contributed by atoms with Crippen molar-refractivity contribution in [3.63, 3.8) is 0 Å². The lowest BCUT2D eigenvalue weighted by molar-refractivity contribution is 0.0940. The predicted octanol–water partition coefficient (Wildman–Crippen LogP) is 2.76. The molecule has 1 amide bonds. The van der Waals surface area contributed by atoms with E-state index in [1.807, 2.05) is 49.4 Å². The molecule has 0 aliphatic carbocycles. The number of rotatable bonds is 3. The standard InChI is InChI=1S/C15H16N2O/c1-11(13-9-5-6-10-14(13)16)17-15(18)12-7-3-2-4-8-12/h2-11H,16H2,1H3,(H,17,18). The molecule has 0 aromatic heterocycles. The van der Waals surface area contributed by atoms with Gasteiger partial charge in [-0.05, 0) is 30.7 Å². The molecule has 0 aliphatic rings. The average Bonchev–Trinajstić information content (AvgIpc) is 2.40. The average molecular weight is 240 g/mol. The first-order valence-electron chi connectivity index (χ1n) is 5.89. The second kappa shape index (κ2) is 5.36. The van der Waals surface area contributed by atoms with Gasteiger partial charge in [-0.2, -0.15) is 0 Å². The molecule has 0 aliphatic heterocycles. The highest BCUT2D eigenvalue weighted by atomic mass is 16.1. The van der Waals surface area contributed by atoms with Crippen LogP contribution < -0.4 is 11.1 Å². The van der Waals surface area contributed by atoms with Crippen LogP contribution in [0.4, 0.5) is 5.69 Å². The monoisotopic (exact) mass is 240 g/mol. The Morgan fingerprint density at radius 1 is 1.06 bits per heavy atom. The van der Waals surface area contributed by atoms with E-state index in [4.69, 9.17) is 5.73 Å². The van der Waals surface area contributed by atoms with E-state index in [1.165, 1.54) is 0 Å². The number of hydrogen-bond donors (Lipinski definition) is 2. The van der Waals surface area contributed by atoms with Gasteiger partial charge < -0.3 is 11.1 Å². The number of amides is 1. The molecular weight excluding hydrogens is 224 g/mol. The number of benzene rings is 2. The van der Waals surface area contributed by atoms with Crippen LogP contribution in [-0.4, -0.2) is 5.91 Å². The van der Waals surface area contributed by atoms with Crippen molar-refractivity contribution in [3.05, 3.63) is 65.7 Å². The van der Waals surface area contributed by atoms with Crippen LogP contribution in [0.15, 0.2) is 54.6 Å². The van der Waals surface area contributed by atoms with Crippen LogP contribution in [0, 0.1) is 0 Å². The number of hydrogen-bond acceptors (Lipinski definition) is 2. The maximum Gasteiger partial charge on any atom is 0.251 e. The summed E-state index contributed by atoms with van der Waals surface area (Å²) in [6, 6.07) is 16.6. The number of nitrogens with one attached hydrogen (secondary N) is 1. The molecule has 1 unspecified atom stereocenters. The largest absolute Gasteiger partial charge is 0.398 e. The summed E-state index contributed by atoms with van der Waals surface area (Å²) in [7, 11) is 0. The zero-order valence-corrected chi connectivity index (χ0v) is 10.3. The molecule has 3 nitrogen and oxygen atoms in total. The van der Waals surface area contributed by atoms with Gasteiger partial charge in [0, 0.05) is 11.3 Å². The van der Waals surface area contributed by atoms with Gasteiger partial charge in [-0.25, -0.2) is 0 Å². The lowest BCUT2D eigenvalue weighted by Gasteiger charge is -2.16. The SMILES string of the molecule is CC(NC(=O)c1ccccc1)c1ccccc1N. The smallest absolute Gasteiger partial charge is 0.251 e. The van der Waals surface area contributed by atoms with Gasteiger partial charge in [0.1, 0.15) is 0 Å². The number of nitrogen functional groups attached to an aromatic ring is 1. The molecule has 1 atom stereocenters. The normalized spacial score (nSPS) is 11.8. The minimum Gasteiger partial charge on any atom is -0.398 e. The minimum atomic E-state index is -0.112. The maximum atomic E-state index is 12.0. The van der Waals surface area contributed by atoms with Gasteiger partial charge in [0.15, 0.2) is 0 Å². The highest BCUT2D eigenvalue weighted by Crippen LogP contribution is 2.19. The Bertz CT molecular complexity index is 537. The Labute approximate surface area is 107 Å². The maximum absolute atomic E-state index is 12.0. The first-order valence-corrected chi connectivity index (χ1v) is 5.89. The van der Waals surface area contributed by atoms with Gasteiger partial charge in [0.25, 0.3) is 5.91 Å². The molecule has 3 heteroatoms. The molecule has 0 heterocycles. The van der Waals surface area contributed by atoms with Crippen molar-refractivity contribution in [1.29, 1.82) is 0 Å². The van der Waals surface area contributed by atoms with Crippen LogP contribution >= 0.6 is 0 Å². The van der Waals surface area contributed by atoms with E-state index in [0.717, 1.165) is 5.56 Å². The van der Waals surface area contributed by atoms with Crippen molar-refractivity contribution >= 4 is 11.6 Å².